The first-order valence-electron chi connectivity index (χ1n) is 8.42. The van der Waals surface area contributed by atoms with E-state index in [1.807, 2.05) is 55.5 Å². The van der Waals surface area contributed by atoms with Gasteiger partial charge in [-0.1, -0.05) is 66.2 Å². The molecule has 2 aromatic rings. The lowest BCUT2D eigenvalue weighted by Crippen LogP contribution is -2.18. The number of nitrogens with one attached hydrogen (secondary N) is 2. The summed E-state index contributed by atoms with van der Waals surface area (Å²) >= 11 is 3.48. The molecule has 4 nitrogen and oxygen atoms in total. The highest BCUT2D eigenvalue weighted by Crippen LogP contribution is 2.27. The molecule has 0 aliphatic rings. The first kappa shape index (κ1) is 19.7. The van der Waals surface area contributed by atoms with Gasteiger partial charge in [0, 0.05) is 22.9 Å². The summed E-state index contributed by atoms with van der Waals surface area (Å²) in [4.78, 5) is 12.5. The van der Waals surface area contributed by atoms with Crippen molar-refractivity contribution in [3.05, 3.63) is 75.4 Å². The van der Waals surface area contributed by atoms with Crippen molar-refractivity contribution >= 4 is 27.5 Å². The number of hydrogen-bond donors (Lipinski definition) is 2. The molecule has 2 aromatic carbocycles. The van der Waals surface area contributed by atoms with Crippen molar-refractivity contribution < 1.29 is 4.79 Å². The van der Waals surface area contributed by atoms with Gasteiger partial charge in [0.1, 0.15) is 11.6 Å². The molecule has 1 amide bonds. The molecule has 0 heterocycles. The number of aryl methyl sites for hydroxylation is 1. The van der Waals surface area contributed by atoms with Crippen LogP contribution in [0, 0.1) is 18.3 Å². The van der Waals surface area contributed by atoms with E-state index in [9.17, 15) is 10.1 Å². The zero-order valence-electron chi connectivity index (χ0n) is 15.1. The van der Waals surface area contributed by atoms with Crippen LogP contribution in [0.2, 0.25) is 0 Å². The maximum absolute atomic E-state index is 12.5. The third kappa shape index (κ3) is 4.96. The number of nitrogens with zero attached hydrogens (tertiary/aromatic N) is 1. The Morgan fingerprint density at radius 2 is 1.96 bits per heavy atom. The fourth-order valence-corrected chi connectivity index (χ4v) is 3.00. The Labute approximate surface area is 163 Å². The average Bonchev–Trinajstić information content (AvgIpc) is 2.61. The number of amides is 1. The van der Waals surface area contributed by atoms with Crippen LogP contribution in [0.3, 0.4) is 0 Å². The zero-order chi connectivity index (χ0) is 19.1. The molecule has 0 atom stereocenters. The summed E-state index contributed by atoms with van der Waals surface area (Å²) in [5.41, 5.74) is 3.89. The van der Waals surface area contributed by atoms with Gasteiger partial charge in [-0.15, -0.1) is 0 Å². The lowest BCUT2D eigenvalue weighted by Gasteiger charge is -2.16. The SMILES string of the molecule is Cc1cccc(C(C)C)c1NC(=O)/C(C#N)=C\NCc1ccccc1Br. The van der Waals surface area contributed by atoms with E-state index in [-0.39, 0.29) is 11.5 Å². The number of hydrogen-bond acceptors (Lipinski definition) is 3. The van der Waals surface area contributed by atoms with Gasteiger partial charge in [-0.05, 0) is 35.6 Å². The predicted octanol–water partition coefficient (Wildman–Crippen LogP) is 5.02. The highest BCUT2D eigenvalue weighted by molar-refractivity contribution is 9.10. The second-order valence-corrected chi connectivity index (χ2v) is 7.14. The second-order valence-electron chi connectivity index (χ2n) is 6.29. The molecule has 5 heteroatoms. The molecule has 0 unspecified atom stereocenters. The monoisotopic (exact) mass is 411 g/mol. The summed E-state index contributed by atoms with van der Waals surface area (Å²) in [6, 6.07) is 15.7. The Kier molecular flexibility index (Phi) is 6.99. The number of carbonyl (C=O) groups excluding carboxylic acids is 1. The fourth-order valence-electron chi connectivity index (χ4n) is 2.58. The molecule has 0 bridgehead atoms. The molecule has 0 aliphatic carbocycles. The number of nitriles is 1. The molecule has 134 valence electrons. The average molecular weight is 412 g/mol. The third-order valence-electron chi connectivity index (χ3n) is 4.03. The third-order valence-corrected chi connectivity index (χ3v) is 4.80. The molecule has 2 rings (SSSR count). The number of para-hydroxylation sites is 1. The summed E-state index contributed by atoms with van der Waals surface area (Å²) in [7, 11) is 0. The number of carbonyl (C=O) groups is 1. The van der Waals surface area contributed by atoms with Crippen LogP contribution in [0.1, 0.15) is 36.5 Å². The van der Waals surface area contributed by atoms with Gasteiger partial charge in [0.2, 0.25) is 0 Å². The van der Waals surface area contributed by atoms with E-state index in [2.05, 4.69) is 40.4 Å². The normalized spacial score (nSPS) is 11.2. The Hall–Kier alpha value is -2.58. The first-order chi connectivity index (χ1) is 12.4. The van der Waals surface area contributed by atoms with Gasteiger partial charge in [-0.2, -0.15) is 5.26 Å². The number of anilines is 1. The Morgan fingerprint density at radius 1 is 1.23 bits per heavy atom. The van der Waals surface area contributed by atoms with E-state index in [0.29, 0.717) is 6.54 Å². The van der Waals surface area contributed by atoms with Crippen molar-refractivity contribution in [3.8, 4) is 6.07 Å². The van der Waals surface area contributed by atoms with E-state index in [1.54, 1.807) is 0 Å². The molecule has 0 fully saturated rings. The number of rotatable bonds is 6. The Morgan fingerprint density at radius 3 is 2.62 bits per heavy atom. The summed E-state index contributed by atoms with van der Waals surface area (Å²) < 4.78 is 0.977. The van der Waals surface area contributed by atoms with Crippen LogP contribution in [0.5, 0.6) is 0 Å². The van der Waals surface area contributed by atoms with Crippen LogP contribution in [0.4, 0.5) is 5.69 Å². The quantitative estimate of drug-likeness (QED) is 0.518. The van der Waals surface area contributed by atoms with E-state index in [4.69, 9.17) is 0 Å². The topological polar surface area (TPSA) is 64.9 Å². The van der Waals surface area contributed by atoms with E-state index in [1.165, 1.54) is 6.20 Å². The molecule has 0 aromatic heterocycles. The van der Waals surface area contributed by atoms with Crippen molar-refractivity contribution in [2.45, 2.75) is 33.2 Å². The Balaban J connectivity index is 2.12. The van der Waals surface area contributed by atoms with E-state index < -0.39 is 5.91 Å². The highest BCUT2D eigenvalue weighted by atomic mass is 79.9. The minimum Gasteiger partial charge on any atom is -0.386 e. The lowest BCUT2D eigenvalue weighted by atomic mass is 9.98. The molecule has 26 heavy (non-hydrogen) atoms. The maximum Gasteiger partial charge on any atom is 0.267 e. The van der Waals surface area contributed by atoms with E-state index in [0.717, 1.165) is 26.9 Å². The van der Waals surface area contributed by atoms with Crippen LogP contribution in [-0.2, 0) is 11.3 Å². The predicted molar refractivity (Wildman–Crippen MR) is 109 cm³/mol. The van der Waals surface area contributed by atoms with Crippen molar-refractivity contribution in [1.29, 1.82) is 5.26 Å². The summed E-state index contributed by atoms with van der Waals surface area (Å²) in [6.07, 6.45) is 1.46. The minimum absolute atomic E-state index is 0.0370. The van der Waals surface area contributed by atoms with Crippen molar-refractivity contribution in [1.82, 2.24) is 5.32 Å². The van der Waals surface area contributed by atoms with Gasteiger partial charge < -0.3 is 10.6 Å². The summed E-state index contributed by atoms with van der Waals surface area (Å²) in [5.74, 6) is -0.142. The van der Waals surface area contributed by atoms with Crippen LogP contribution in [0.25, 0.3) is 0 Å². The van der Waals surface area contributed by atoms with Crippen LogP contribution in [-0.4, -0.2) is 5.91 Å². The molecule has 0 aliphatic heterocycles. The molecule has 0 spiro atoms. The highest BCUT2D eigenvalue weighted by Gasteiger charge is 2.15. The van der Waals surface area contributed by atoms with Crippen LogP contribution in [0.15, 0.2) is 58.7 Å². The van der Waals surface area contributed by atoms with Crippen molar-refractivity contribution in [3.63, 3.8) is 0 Å². The largest absolute Gasteiger partial charge is 0.386 e. The number of halogens is 1. The Bertz CT molecular complexity index is 866. The molecule has 2 N–H and O–H groups in total. The van der Waals surface area contributed by atoms with Crippen molar-refractivity contribution in [2.24, 2.45) is 0 Å². The van der Waals surface area contributed by atoms with E-state index >= 15 is 0 Å². The first-order valence-corrected chi connectivity index (χ1v) is 9.21. The van der Waals surface area contributed by atoms with Gasteiger partial charge in [0.25, 0.3) is 5.91 Å². The number of benzene rings is 2. The standard InChI is InChI=1S/C21H22BrN3O/c1-14(2)18-9-6-7-15(3)20(18)25-21(26)17(11-23)13-24-12-16-8-4-5-10-19(16)22/h4-10,13-14,24H,12H2,1-3H3,(H,25,26)/b17-13-. The molecule has 0 saturated carbocycles. The van der Waals surface area contributed by atoms with Gasteiger partial charge in [0.15, 0.2) is 0 Å². The summed E-state index contributed by atoms with van der Waals surface area (Å²) in [6.45, 7) is 6.61. The van der Waals surface area contributed by atoms with Gasteiger partial charge in [0.05, 0.1) is 0 Å². The maximum atomic E-state index is 12.5. The smallest absolute Gasteiger partial charge is 0.267 e. The lowest BCUT2D eigenvalue weighted by molar-refractivity contribution is -0.112. The van der Waals surface area contributed by atoms with Gasteiger partial charge in [-0.25, -0.2) is 0 Å². The molecular weight excluding hydrogens is 390 g/mol. The van der Waals surface area contributed by atoms with Crippen molar-refractivity contribution in [2.75, 3.05) is 5.32 Å². The molecule has 0 radical (unpaired) electrons. The second kappa shape index (κ2) is 9.21. The molecular formula is C21H22BrN3O. The summed E-state index contributed by atoms with van der Waals surface area (Å²) in [5, 5.41) is 15.3. The molecule has 0 saturated heterocycles. The minimum atomic E-state index is -0.414. The zero-order valence-corrected chi connectivity index (χ0v) is 16.7. The van der Waals surface area contributed by atoms with Gasteiger partial charge >= 0.3 is 0 Å². The fraction of sp³-hybridized carbons (Fsp3) is 0.238. The van der Waals surface area contributed by atoms with Crippen LogP contribution < -0.4 is 10.6 Å². The van der Waals surface area contributed by atoms with Gasteiger partial charge in [-0.3, -0.25) is 4.79 Å². The van der Waals surface area contributed by atoms with Crippen LogP contribution >= 0.6 is 15.9 Å².